The third-order valence-corrected chi connectivity index (χ3v) is 5.78. The van der Waals surface area contributed by atoms with Crippen LogP contribution in [0.2, 0.25) is 0 Å². The molecule has 1 amide bonds. The highest BCUT2D eigenvalue weighted by atomic mass is 16.5. The molecule has 4 rings (SSSR count). The van der Waals surface area contributed by atoms with E-state index in [1.807, 2.05) is 54.6 Å². The van der Waals surface area contributed by atoms with Crippen molar-refractivity contribution in [2.24, 2.45) is 0 Å². The summed E-state index contributed by atoms with van der Waals surface area (Å²) in [6.07, 6.45) is 2.42. The molecule has 3 aromatic carbocycles. The minimum absolute atomic E-state index is 0.104. The number of ether oxygens (including phenoxy) is 3. The number of aryl methyl sites for hydroxylation is 2. The van der Waals surface area contributed by atoms with Gasteiger partial charge in [-0.15, -0.1) is 0 Å². The molecule has 0 bridgehead atoms. The number of nitrogens with one attached hydrogen (secondary N) is 1. The lowest BCUT2D eigenvalue weighted by Gasteiger charge is -2.11. The maximum atomic E-state index is 12.5. The third-order valence-electron chi connectivity index (χ3n) is 5.78. The lowest BCUT2D eigenvalue weighted by Crippen LogP contribution is -2.25. The molecule has 0 saturated carbocycles. The van der Waals surface area contributed by atoms with Gasteiger partial charge in [0.2, 0.25) is 0 Å². The zero-order valence-corrected chi connectivity index (χ0v) is 20.2. The monoisotopic (exact) mass is 473 g/mol. The van der Waals surface area contributed by atoms with Crippen LogP contribution in [-0.4, -0.2) is 42.8 Å². The smallest absolute Gasteiger partial charge is 0.251 e. The zero-order valence-electron chi connectivity index (χ0n) is 20.2. The Labute approximate surface area is 205 Å². The number of nitrogens with zero attached hydrogens (tertiary/aromatic N) is 2. The number of fused-ring (bicyclic) bond motifs is 1. The quantitative estimate of drug-likeness (QED) is 0.297. The van der Waals surface area contributed by atoms with Crippen LogP contribution in [-0.2, 0) is 13.0 Å². The van der Waals surface area contributed by atoms with Gasteiger partial charge in [0.1, 0.15) is 23.1 Å². The van der Waals surface area contributed by atoms with Crippen LogP contribution in [0.25, 0.3) is 11.0 Å². The molecule has 0 aliphatic rings. The van der Waals surface area contributed by atoms with Crippen molar-refractivity contribution >= 4 is 16.9 Å². The summed E-state index contributed by atoms with van der Waals surface area (Å²) in [7, 11) is 3.24. The summed E-state index contributed by atoms with van der Waals surface area (Å²) in [5.74, 6) is 3.22. The lowest BCUT2D eigenvalue weighted by molar-refractivity contribution is 0.0952. The molecule has 0 spiro atoms. The fraction of sp³-hybridized carbons (Fsp3) is 0.286. The van der Waals surface area contributed by atoms with Crippen molar-refractivity contribution in [3.05, 3.63) is 84.2 Å². The first-order chi connectivity index (χ1) is 17.2. The van der Waals surface area contributed by atoms with E-state index in [9.17, 15) is 4.79 Å². The Morgan fingerprint density at radius 1 is 0.886 bits per heavy atom. The van der Waals surface area contributed by atoms with E-state index in [4.69, 9.17) is 19.2 Å². The van der Waals surface area contributed by atoms with Gasteiger partial charge in [-0.1, -0.05) is 18.2 Å². The average Bonchev–Trinajstić information content (AvgIpc) is 3.26. The third kappa shape index (κ3) is 6.32. The van der Waals surface area contributed by atoms with Gasteiger partial charge < -0.3 is 24.1 Å². The maximum absolute atomic E-state index is 12.5. The molecule has 0 radical (unpaired) electrons. The molecule has 0 fully saturated rings. The van der Waals surface area contributed by atoms with E-state index >= 15 is 0 Å². The number of rotatable bonds is 12. The number of imidazole rings is 1. The van der Waals surface area contributed by atoms with Gasteiger partial charge in [-0.3, -0.25) is 4.79 Å². The van der Waals surface area contributed by atoms with Gasteiger partial charge in [-0.05, 0) is 67.4 Å². The zero-order chi connectivity index (χ0) is 24.5. The van der Waals surface area contributed by atoms with Crippen molar-refractivity contribution in [3.8, 4) is 17.2 Å². The summed E-state index contributed by atoms with van der Waals surface area (Å²) >= 11 is 0. The minimum atomic E-state index is -0.104. The van der Waals surface area contributed by atoms with Gasteiger partial charge in [-0.25, -0.2) is 4.98 Å². The molecule has 35 heavy (non-hydrogen) atoms. The first-order valence-electron chi connectivity index (χ1n) is 11.8. The van der Waals surface area contributed by atoms with Crippen molar-refractivity contribution in [2.45, 2.75) is 25.8 Å². The highest BCUT2D eigenvalue weighted by molar-refractivity contribution is 5.94. The van der Waals surface area contributed by atoms with Crippen molar-refractivity contribution in [3.63, 3.8) is 0 Å². The van der Waals surface area contributed by atoms with Crippen LogP contribution in [0.5, 0.6) is 17.2 Å². The lowest BCUT2D eigenvalue weighted by atomic mass is 10.2. The Balaban J connectivity index is 1.31. The standard InChI is InChI=1S/C28H31N3O4/c1-33-22-13-15-23(16-14-22)35-19-7-18-31-26-11-4-3-10-25(26)30-27(31)12-6-17-29-28(32)21-8-5-9-24(20-21)34-2/h3-5,8-11,13-16,20H,6-7,12,17-19H2,1-2H3,(H,29,32). The molecule has 0 aliphatic heterocycles. The van der Waals surface area contributed by atoms with Gasteiger partial charge in [-0.2, -0.15) is 0 Å². The van der Waals surface area contributed by atoms with Gasteiger partial charge in [0.15, 0.2) is 0 Å². The van der Waals surface area contributed by atoms with E-state index in [0.717, 1.165) is 54.2 Å². The Morgan fingerprint density at radius 2 is 1.66 bits per heavy atom. The summed E-state index contributed by atoms with van der Waals surface area (Å²) in [5, 5.41) is 2.99. The summed E-state index contributed by atoms with van der Waals surface area (Å²) in [6, 6.07) is 22.9. The SMILES string of the molecule is COc1ccc(OCCCn2c(CCCNC(=O)c3cccc(OC)c3)nc3ccccc32)cc1. The molecule has 7 heteroatoms. The molecular formula is C28H31N3O4. The van der Waals surface area contributed by atoms with Crippen LogP contribution >= 0.6 is 0 Å². The van der Waals surface area contributed by atoms with Crippen molar-refractivity contribution in [2.75, 3.05) is 27.4 Å². The number of hydrogen-bond donors (Lipinski definition) is 1. The van der Waals surface area contributed by atoms with E-state index in [2.05, 4.69) is 16.0 Å². The van der Waals surface area contributed by atoms with Gasteiger partial charge in [0, 0.05) is 25.1 Å². The second kappa shape index (κ2) is 11.9. The molecule has 4 aromatic rings. The fourth-order valence-corrected chi connectivity index (χ4v) is 3.97. The van der Waals surface area contributed by atoms with Crippen molar-refractivity contribution in [1.82, 2.24) is 14.9 Å². The number of carbonyl (C=O) groups is 1. The molecule has 0 atom stereocenters. The molecular weight excluding hydrogens is 442 g/mol. The molecule has 7 nitrogen and oxygen atoms in total. The average molecular weight is 474 g/mol. The fourth-order valence-electron chi connectivity index (χ4n) is 3.97. The van der Waals surface area contributed by atoms with Gasteiger partial charge in [0.25, 0.3) is 5.91 Å². The Morgan fingerprint density at radius 3 is 2.46 bits per heavy atom. The van der Waals surface area contributed by atoms with E-state index in [-0.39, 0.29) is 5.91 Å². The molecule has 0 aliphatic carbocycles. The second-order valence-corrected chi connectivity index (χ2v) is 8.14. The number of hydrogen-bond acceptors (Lipinski definition) is 5. The number of benzene rings is 3. The Bertz CT molecular complexity index is 1250. The first-order valence-corrected chi connectivity index (χ1v) is 11.8. The van der Waals surface area contributed by atoms with Crippen molar-refractivity contribution in [1.29, 1.82) is 0 Å². The summed E-state index contributed by atoms with van der Waals surface area (Å²) in [5.41, 5.74) is 2.69. The van der Waals surface area contributed by atoms with Crippen LogP contribution in [0.4, 0.5) is 0 Å². The summed E-state index contributed by atoms with van der Waals surface area (Å²) in [6.45, 7) is 1.98. The Hall–Kier alpha value is -4.00. The number of aromatic nitrogens is 2. The predicted octanol–water partition coefficient (Wildman–Crippen LogP) is 4.89. The van der Waals surface area contributed by atoms with Crippen LogP contribution in [0.1, 0.15) is 29.0 Å². The predicted molar refractivity (Wildman–Crippen MR) is 136 cm³/mol. The second-order valence-electron chi connectivity index (χ2n) is 8.14. The van der Waals surface area contributed by atoms with Crippen LogP contribution in [0, 0.1) is 0 Å². The molecule has 182 valence electrons. The summed E-state index contributed by atoms with van der Waals surface area (Å²) < 4.78 is 18.5. The number of para-hydroxylation sites is 2. The topological polar surface area (TPSA) is 74.6 Å². The normalized spacial score (nSPS) is 10.8. The van der Waals surface area contributed by atoms with E-state index in [0.29, 0.717) is 24.5 Å². The van der Waals surface area contributed by atoms with Crippen LogP contribution in [0.15, 0.2) is 72.8 Å². The number of amides is 1. The van der Waals surface area contributed by atoms with Crippen LogP contribution in [0.3, 0.4) is 0 Å². The van der Waals surface area contributed by atoms with E-state index in [1.165, 1.54) is 0 Å². The van der Waals surface area contributed by atoms with Crippen LogP contribution < -0.4 is 19.5 Å². The number of methoxy groups -OCH3 is 2. The van der Waals surface area contributed by atoms with Gasteiger partial charge in [0.05, 0.1) is 31.9 Å². The Kier molecular flexibility index (Phi) is 8.22. The summed E-state index contributed by atoms with van der Waals surface area (Å²) in [4.78, 5) is 17.3. The molecule has 0 saturated heterocycles. The number of carbonyl (C=O) groups excluding carboxylic acids is 1. The van der Waals surface area contributed by atoms with E-state index in [1.54, 1.807) is 26.4 Å². The molecule has 0 unspecified atom stereocenters. The largest absolute Gasteiger partial charge is 0.497 e. The molecule has 1 aromatic heterocycles. The van der Waals surface area contributed by atoms with E-state index < -0.39 is 0 Å². The first kappa shape index (κ1) is 24.1. The van der Waals surface area contributed by atoms with Crippen molar-refractivity contribution < 1.29 is 19.0 Å². The highest BCUT2D eigenvalue weighted by Gasteiger charge is 2.11. The highest BCUT2D eigenvalue weighted by Crippen LogP contribution is 2.20. The molecule has 1 N–H and O–H groups in total. The molecule has 1 heterocycles. The van der Waals surface area contributed by atoms with Gasteiger partial charge >= 0.3 is 0 Å². The minimum Gasteiger partial charge on any atom is -0.497 e. The maximum Gasteiger partial charge on any atom is 0.251 e.